The molecule has 0 spiro atoms. The Morgan fingerprint density at radius 3 is 1.43 bits per heavy atom. The number of aryl methyl sites for hydroxylation is 4. The average molecular weight is 745 g/mol. The van der Waals surface area contributed by atoms with Gasteiger partial charge in [0.05, 0.1) is 5.69 Å². The quantitative estimate of drug-likeness (QED) is 0.132. The number of rotatable bonds is 12. The number of H-pyrrole nitrogens is 1. The molecule has 0 fully saturated rings. The van der Waals surface area contributed by atoms with E-state index in [9.17, 15) is 4.79 Å². The highest BCUT2D eigenvalue weighted by Gasteiger charge is 2.23. The van der Waals surface area contributed by atoms with E-state index < -0.39 is 0 Å². The first-order valence-corrected chi connectivity index (χ1v) is 18.9. The van der Waals surface area contributed by atoms with E-state index in [2.05, 4.69) is 99.2 Å². The summed E-state index contributed by atoms with van der Waals surface area (Å²) in [5, 5.41) is 0. The summed E-state index contributed by atoms with van der Waals surface area (Å²) in [5.41, 5.74) is 9.20. The number of ether oxygens (including phenoxy) is 2. The second-order valence-corrected chi connectivity index (χ2v) is 14.2. The second kappa shape index (κ2) is 18.2. The van der Waals surface area contributed by atoms with E-state index >= 15 is 0 Å². The van der Waals surface area contributed by atoms with E-state index in [1.54, 1.807) is 6.33 Å². The molecule has 0 atom stereocenters. The fourth-order valence-corrected chi connectivity index (χ4v) is 6.21. The molecule has 9 nitrogen and oxygen atoms in total. The third kappa shape index (κ3) is 10.8. The van der Waals surface area contributed by atoms with Gasteiger partial charge < -0.3 is 14.5 Å². The number of benzene rings is 4. The lowest BCUT2D eigenvalue weighted by Gasteiger charge is -2.26. The Morgan fingerprint density at radius 1 is 0.536 bits per heavy atom. The molecule has 7 rings (SSSR count). The zero-order valence-electron chi connectivity index (χ0n) is 32.9. The van der Waals surface area contributed by atoms with Crippen LogP contribution in [-0.2, 0) is 31.1 Å². The van der Waals surface area contributed by atoms with E-state index in [0.717, 1.165) is 70.7 Å². The van der Waals surface area contributed by atoms with Crippen molar-refractivity contribution in [2.75, 3.05) is 0 Å². The van der Waals surface area contributed by atoms with Crippen LogP contribution in [0.5, 0.6) is 23.0 Å². The summed E-state index contributed by atoms with van der Waals surface area (Å²) >= 11 is 0. The molecule has 0 aliphatic rings. The molecular formula is C47H48N6O3. The molecule has 3 aromatic heterocycles. The van der Waals surface area contributed by atoms with E-state index in [0.29, 0.717) is 12.2 Å². The minimum Gasteiger partial charge on any atom is -0.457 e. The standard InChI is InChI=1S/C35H34N2O2.C12H14N4O/c1-5-26-6-14-31(15-7-26)38-33-18-10-28(11-19-33)35(3,4)29-12-20-34(21-13-29)39-32-16-8-27(9-17-32)23-30-22-25(2)36-24-37-30;1-3-9-6-12(17)16-11(15-9)5-10-4-8(2)13-7-14-10/h6-22,24H,5,23H2,1-4H3;4,6-7H,3,5H2,1-2H3,(H,15,16,17). The number of nitrogens with zero attached hydrogens (tertiary/aromatic N) is 5. The Labute approximate surface area is 329 Å². The maximum atomic E-state index is 11.4. The molecule has 284 valence electrons. The third-order valence-corrected chi connectivity index (χ3v) is 9.54. The highest BCUT2D eigenvalue weighted by Crippen LogP contribution is 2.35. The lowest BCUT2D eigenvalue weighted by molar-refractivity contribution is 0.481. The molecule has 0 radical (unpaired) electrons. The molecule has 0 saturated heterocycles. The largest absolute Gasteiger partial charge is 0.457 e. The van der Waals surface area contributed by atoms with Gasteiger partial charge >= 0.3 is 0 Å². The predicted molar refractivity (Wildman–Crippen MR) is 221 cm³/mol. The van der Waals surface area contributed by atoms with Crippen LogP contribution in [0.15, 0.2) is 133 Å². The molecule has 7 aromatic rings. The van der Waals surface area contributed by atoms with Gasteiger partial charge in [0.2, 0.25) is 0 Å². The number of hydrogen-bond acceptors (Lipinski definition) is 8. The number of nitrogens with one attached hydrogen (secondary N) is 1. The Bertz CT molecular complexity index is 2390. The van der Waals surface area contributed by atoms with Crippen molar-refractivity contribution in [2.45, 2.75) is 72.6 Å². The third-order valence-electron chi connectivity index (χ3n) is 9.54. The van der Waals surface area contributed by atoms with Gasteiger partial charge in [0.1, 0.15) is 41.5 Å². The summed E-state index contributed by atoms with van der Waals surface area (Å²) in [7, 11) is 0. The van der Waals surface area contributed by atoms with Crippen LogP contribution >= 0.6 is 0 Å². The highest BCUT2D eigenvalue weighted by molar-refractivity contribution is 5.44. The summed E-state index contributed by atoms with van der Waals surface area (Å²) in [6, 6.07) is 38.6. The van der Waals surface area contributed by atoms with Gasteiger partial charge in [-0.3, -0.25) is 4.79 Å². The molecule has 56 heavy (non-hydrogen) atoms. The molecule has 0 unspecified atom stereocenters. The molecule has 0 saturated carbocycles. The van der Waals surface area contributed by atoms with Crippen molar-refractivity contribution in [3.05, 3.63) is 195 Å². The topological polar surface area (TPSA) is 116 Å². The van der Waals surface area contributed by atoms with Gasteiger partial charge in [-0.2, -0.15) is 0 Å². The Hall–Kier alpha value is -6.48. The normalized spacial score (nSPS) is 11.0. The Balaban J connectivity index is 0.000000261. The maximum absolute atomic E-state index is 11.4. The lowest BCUT2D eigenvalue weighted by Crippen LogP contribution is -2.18. The van der Waals surface area contributed by atoms with Crippen molar-refractivity contribution in [3.63, 3.8) is 0 Å². The van der Waals surface area contributed by atoms with E-state index in [4.69, 9.17) is 9.47 Å². The van der Waals surface area contributed by atoms with Crippen molar-refractivity contribution in [2.24, 2.45) is 0 Å². The van der Waals surface area contributed by atoms with Crippen molar-refractivity contribution in [3.8, 4) is 23.0 Å². The van der Waals surface area contributed by atoms with Crippen molar-refractivity contribution in [1.29, 1.82) is 0 Å². The minimum atomic E-state index is -0.166. The minimum absolute atomic E-state index is 0.113. The second-order valence-electron chi connectivity index (χ2n) is 14.2. The highest BCUT2D eigenvalue weighted by atomic mass is 16.5. The summed E-state index contributed by atoms with van der Waals surface area (Å²) in [5.74, 6) is 3.95. The van der Waals surface area contributed by atoms with Crippen LogP contribution in [0.4, 0.5) is 0 Å². The molecule has 3 heterocycles. The van der Waals surface area contributed by atoms with Crippen LogP contribution in [0.3, 0.4) is 0 Å². The summed E-state index contributed by atoms with van der Waals surface area (Å²) in [4.78, 5) is 35.2. The number of aromatic nitrogens is 6. The summed E-state index contributed by atoms with van der Waals surface area (Å²) in [6.45, 7) is 12.5. The zero-order chi connectivity index (χ0) is 39.5. The van der Waals surface area contributed by atoms with Crippen LogP contribution in [0.25, 0.3) is 0 Å². The van der Waals surface area contributed by atoms with E-state index in [1.807, 2.05) is 81.4 Å². The molecule has 0 aliphatic carbocycles. The first-order valence-electron chi connectivity index (χ1n) is 18.9. The Morgan fingerprint density at radius 2 is 0.982 bits per heavy atom. The molecule has 4 aromatic carbocycles. The number of aromatic amines is 1. The summed E-state index contributed by atoms with van der Waals surface area (Å²) < 4.78 is 12.2. The molecule has 0 amide bonds. The molecule has 1 N–H and O–H groups in total. The lowest BCUT2D eigenvalue weighted by atomic mass is 9.78. The van der Waals surface area contributed by atoms with Gasteiger partial charge in [0, 0.05) is 47.1 Å². The molecule has 9 heteroatoms. The zero-order valence-corrected chi connectivity index (χ0v) is 32.9. The van der Waals surface area contributed by atoms with Gasteiger partial charge in [-0.05, 0) is 110 Å². The fourth-order valence-electron chi connectivity index (χ4n) is 6.21. The van der Waals surface area contributed by atoms with Crippen LogP contribution in [0.1, 0.15) is 84.2 Å². The smallest absolute Gasteiger partial charge is 0.251 e. The summed E-state index contributed by atoms with van der Waals surface area (Å²) in [6.07, 6.45) is 6.20. The van der Waals surface area contributed by atoms with Crippen molar-refractivity contribution < 1.29 is 9.47 Å². The number of hydrogen-bond donors (Lipinski definition) is 1. The van der Waals surface area contributed by atoms with Crippen molar-refractivity contribution in [1.82, 2.24) is 29.9 Å². The van der Waals surface area contributed by atoms with Crippen LogP contribution < -0.4 is 15.0 Å². The first-order chi connectivity index (χ1) is 27.1. The van der Waals surface area contributed by atoms with Gasteiger partial charge in [-0.15, -0.1) is 0 Å². The van der Waals surface area contributed by atoms with Gasteiger partial charge in [-0.25, -0.2) is 24.9 Å². The molecule has 0 bridgehead atoms. The molecular weight excluding hydrogens is 697 g/mol. The van der Waals surface area contributed by atoms with E-state index in [1.165, 1.54) is 34.6 Å². The Kier molecular flexibility index (Phi) is 12.8. The maximum Gasteiger partial charge on any atom is 0.251 e. The van der Waals surface area contributed by atoms with Crippen LogP contribution in [0, 0.1) is 13.8 Å². The SMILES string of the molecule is CCc1cc(=O)[nH]c(Cc2cc(C)ncn2)n1.CCc1ccc(Oc2ccc(C(C)(C)c3ccc(Oc4ccc(Cc5cc(C)ncn5)cc4)cc3)cc2)cc1. The predicted octanol–water partition coefficient (Wildman–Crippen LogP) is 9.87. The molecule has 0 aliphatic heterocycles. The average Bonchev–Trinajstić information content (AvgIpc) is 3.19. The van der Waals surface area contributed by atoms with Crippen LogP contribution in [0.2, 0.25) is 0 Å². The van der Waals surface area contributed by atoms with Crippen molar-refractivity contribution >= 4 is 0 Å². The fraction of sp³-hybridized carbons (Fsp3) is 0.234. The van der Waals surface area contributed by atoms with Gasteiger partial charge in [-0.1, -0.05) is 76.2 Å². The monoisotopic (exact) mass is 744 g/mol. The van der Waals surface area contributed by atoms with Gasteiger partial charge in [0.25, 0.3) is 5.56 Å². The van der Waals surface area contributed by atoms with E-state index in [-0.39, 0.29) is 11.0 Å². The first kappa shape index (κ1) is 39.2. The van der Waals surface area contributed by atoms with Crippen LogP contribution in [-0.4, -0.2) is 29.9 Å². The van der Waals surface area contributed by atoms with Gasteiger partial charge in [0.15, 0.2) is 0 Å².